The number of aromatic nitrogens is 5. The molecule has 0 bridgehead atoms. The van der Waals surface area contributed by atoms with Crippen LogP contribution in [0.4, 0.5) is 0 Å². The van der Waals surface area contributed by atoms with E-state index in [9.17, 15) is 4.79 Å². The van der Waals surface area contributed by atoms with Gasteiger partial charge in [0.15, 0.2) is 0 Å². The van der Waals surface area contributed by atoms with Crippen LogP contribution in [0.5, 0.6) is 0 Å². The number of hydrogen-bond donors (Lipinski definition) is 1. The van der Waals surface area contributed by atoms with Crippen molar-refractivity contribution >= 4 is 16.7 Å². The summed E-state index contributed by atoms with van der Waals surface area (Å²) >= 11 is 0. The smallest absolute Gasteiger partial charge is 0.325 e. The number of tetrazole rings is 1. The van der Waals surface area contributed by atoms with Crippen LogP contribution in [0.25, 0.3) is 22.3 Å². The zero-order chi connectivity index (χ0) is 13.2. The van der Waals surface area contributed by atoms with Crippen LogP contribution in [-0.2, 0) is 11.3 Å². The van der Waals surface area contributed by atoms with E-state index in [-0.39, 0.29) is 6.54 Å². The van der Waals surface area contributed by atoms with Crippen molar-refractivity contribution < 1.29 is 9.90 Å². The second-order valence-corrected chi connectivity index (χ2v) is 3.93. The second-order valence-electron chi connectivity index (χ2n) is 3.93. The summed E-state index contributed by atoms with van der Waals surface area (Å²) in [6, 6.07) is 9.54. The predicted octanol–water partition coefficient (Wildman–Crippen LogP) is 0.973. The monoisotopic (exact) mass is 255 g/mol. The molecular formula is C12H9N5O2. The summed E-state index contributed by atoms with van der Waals surface area (Å²) in [6.07, 6.45) is 1.65. The van der Waals surface area contributed by atoms with E-state index >= 15 is 0 Å². The maximum atomic E-state index is 10.8. The molecule has 7 heteroatoms. The van der Waals surface area contributed by atoms with Gasteiger partial charge in [0.25, 0.3) is 0 Å². The zero-order valence-corrected chi connectivity index (χ0v) is 9.76. The summed E-state index contributed by atoms with van der Waals surface area (Å²) in [6.45, 7) is -0.298. The minimum Gasteiger partial charge on any atom is -0.480 e. The highest BCUT2D eigenvalue weighted by atomic mass is 16.4. The molecule has 0 saturated carbocycles. The van der Waals surface area contributed by atoms with Gasteiger partial charge >= 0.3 is 5.97 Å². The van der Waals surface area contributed by atoms with Gasteiger partial charge in [-0.25, -0.2) is 4.68 Å². The lowest BCUT2D eigenvalue weighted by molar-refractivity contribution is -0.137. The molecule has 0 saturated heterocycles. The molecule has 0 amide bonds. The van der Waals surface area contributed by atoms with Crippen LogP contribution in [-0.4, -0.2) is 36.3 Å². The molecule has 19 heavy (non-hydrogen) atoms. The number of benzene rings is 1. The molecule has 1 N–H and O–H groups in total. The average molecular weight is 255 g/mol. The quantitative estimate of drug-likeness (QED) is 0.749. The van der Waals surface area contributed by atoms with Crippen molar-refractivity contribution in [1.82, 2.24) is 25.2 Å². The maximum absolute atomic E-state index is 10.8. The fourth-order valence-corrected chi connectivity index (χ4v) is 1.91. The largest absolute Gasteiger partial charge is 0.480 e. The van der Waals surface area contributed by atoms with E-state index in [2.05, 4.69) is 20.5 Å². The van der Waals surface area contributed by atoms with E-state index in [4.69, 9.17) is 5.11 Å². The Kier molecular flexibility index (Phi) is 2.64. The fourth-order valence-electron chi connectivity index (χ4n) is 1.91. The molecule has 0 aliphatic rings. The zero-order valence-electron chi connectivity index (χ0n) is 9.76. The van der Waals surface area contributed by atoms with Gasteiger partial charge in [-0.3, -0.25) is 9.78 Å². The van der Waals surface area contributed by atoms with E-state index in [0.717, 1.165) is 10.8 Å². The summed E-state index contributed by atoms with van der Waals surface area (Å²) in [5.41, 5.74) is 0.573. The van der Waals surface area contributed by atoms with Crippen LogP contribution in [0, 0.1) is 0 Å². The standard InChI is InChI=1S/C12H9N5O2/c18-10(19)7-17-12(14-15-16-17)11-9-4-2-1-3-8(9)5-6-13-11/h1-6H,7H2,(H,18,19). The Labute approximate surface area is 107 Å². The Morgan fingerprint density at radius 3 is 2.95 bits per heavy atom. The normalized spacial score (nSPS) is 10.7. The van der Waals surface area contributed by atoms with E-state index in [1.807, 2.05) is 30.3 Å². The minimum absolute atomic E-state index is 0.298. The first-order valence-electron chi connectivity index (χ1n) is 5.58. The third-order valence-electron chi connectivity index (χ3n) is 2.70. The van der Waals surface area contributed by atoms with Crippen molar-refractivity contribution in [1.29, 1.82) is 0 Å². The molecule has 3 rings (SSSR count). The van der Waals surface area contributed by atoms with Gasteiger partial charge in [0.05, 0.1) is 0 Å². The minimum atomic E-state index is -1.01. The van der Waals surface area contributed by atoms with Crippen LogP contribution in [0.15, 0.2) is 36.5 Å². The summed E-state index contributed by atoms with van der Waals surface area (Å²) in [7, 11) is 0. The first kappa shape index (κ1) is 11.3. The first-order chi connectivity index (χ1) is 9.25. The van der Waals surface area contributed by atoms with Crippen molar-refractivity contribution in [2.75, 3.05) is 0 Å². The average Bonchev–Trinajstić information content (AvgIpc) is 2.85. The number of aliphatic carboxylic acids is 1. The van der Waals surface area contributed by atoms with Crippen molar-refractivity contribution in [3.05, 3.63) is 36.5 Å². The number of carbonyl (C=O) groups is 1. The number of pyridine rings is 1. The lowest BCUT2D eigenvalue weighted by Crippen LogP contribution is -2.12. The Balaban J connectivity index is 2.20. The summed E-state index contributed by atoms with van der Waals surface area (Å²) < 4.78 is 1.22. The molecule has 0 spiro atoms. The number of nitrogens with zero attached hydrogens (tertiary/aromatic N) is 5. The van der Waals surface area contributed by atoms with Crippen LogP contribution in [0.1, 0.15) is 0 Å². The third kappa shape index (κ3) is 2.01. The van der Waals surface area contributed by atoms with E-state index in [0.29, 0.717) is 11.5 Å². The maximum Gasteiger partial charge on any atom is 0.325 e. The van der Waals surface area contributed by atoms with Gasteiger partial charge in [0.1, 0.15) is 12.2 Å². The number of carboxylic acid groups (broad SMARTS) is 1. The summed E-state index contributed by atoms with van der Waals surface area (Å²) in [5.74, 6) is -0.659. The van der Waals surface area contributed by atoms with Gasteiger partial charge in [-0.15, -0.1) is 5.10 Å². The molecule has 0 fully saturated rings. The van der Waals surface area contributed by atoms with Gasteiger partial charge in [-0.1, -0.05) is 24.3 Å². The molecule has 0 aliphatic heterocycles. The predicted molar refractivity (Wildman–Crippen MR) is 66.2 cm³/mol. The molecule has 0 aliphatic carbocycles. The van der Waals surface area contributed by atoms with Crippen molar-refractivity contribution in [3.8, 4) is 11.5 Å². The Morgan fingerprint density at radius 1 is 1.26 bits per heavy atom. The molecular weight excluding hydrogens is 246 g/mol. The third-order valence-corrected chi connectivity index (χ3v) is 2.70. The lowest BCUT2D eigenvalue weighted by atomic mass is 10.1. The van der Waals surface area contributed by atoms with Gasteiger partial charge < -0.3 is 5.11 Å². The van der Waals surface area contributed by atoms with Gasteiger partial charge in [0, 0.05) is 11.6 Å². The number of hydrogen-bond acceptors (Lipinski definition) is 5. The van der Waals surface area contributed by atoms with E-state index in [1.54, 1.807) is 6.20 Å². The molecule has 0 radical (unpaired) electrons. The number of carboxylic acids is 1. The summed E-state index contributed by atoms with van der Waals surface area (Å²) in [4.78, 5) is 15.0. The molecule has 3 aromatic rings. The Bertz CT molecular complexity index is 747. The van der Waals surface area contributed by atoms with Gasteiger partial charge in [-0.2, -0.15) is 0 Å². The molecule has 2 heterocycles. The van der Waals surface area contributed by atoms with Crippen LogP contribution >= 0.6 is 0 Å². The second kappa shape index (κ2) is 4.45. The molecule has 1 aromatic carbocycles. The van der Waals surface area contributed by atoms with E-state index in [1.165, 1.54) is 4.68 Å². The number of fused-ring (bicyclic) bond motifs is 1. The van der Waals surface area contributed by atoms with Crippen LogP contribution < -0.4 is 0 Å². The van der Waals surface area contributed by atoms with Crippen molar-refractivity contribution in [2.24, 2.45) is 0 Å². The van der Waals surface area contributed by atoms with Crippen LogP contribution in [0.2, 0.25) is 0 Å². The Morgan fingerprint density at radius 2 is 2.11 bits per heavy atom. The highest BCUT2D eigenvalue weighted by molar-refractivity contribution is 5.92. The highest BCUT2D eigenvalue weighted by Gasteiger charge is 2.15. The van der Waals surface area contributed by atoms with E-state index < -0.39 is 5.97 Å². The molecule has 2 aromatic heterocycles. The van der Waals surface area contributed by atoms with Crippen molar-refractivity contribution in [2.45, 2.75) is 6.54 Å². The van der Waals surface area contributed by atoms with Crippen molar-refractivity contribution in [3.63, 3.8) is 0 Å². The molecule has 94 valence electrons. The molecule has 0 atom stereocenters. The Hall–Kier alpha value is -2.83. The van der Waals surface area contributed by atoms with Crippen LogP contribution in [0.3, 0.4) is 0 Å². The molecule has 7 nitrogen and oxygen atoms in total. The number of rotatable bonds is 3. The topological polar surface area (TPSA) is 93.8 Å². The lowest BCUT2D eigenvalue weighted by Gasteiger charge is -2.04. The highest BCUT2D eigenvalue weighted by Crippen LogP contribution is 2.23. The molecule has 0 unspecified atom stereocenters. The summed E-state index contributed by atoms with van der Waals surface area (Å²) in [5, 5.41) is 21.8. The fraction of sp³-hybridized carbons (Fsp3) is 0.0833. The van der Waals surface area contributed by atoms with Gasteiger partial charge in [-0.05, 0) is 21.9 Å². The first-order valence-corrected chi connectivity index (χ1v) is 5.58. The van der Waals surface area contributed by atoms with Gasteiger partial charge in [0.2, 0.25) is 5.82 Å². The SMILES string of the molecule is O=C(O)Cn1nnnc1-c1nccc2ccccc12.